The molecule has 0 unspecified atom stereocenters. The van der Waals surface area contributed by atoms with E-state index < -0.39 is 17.6 Å². The average molecular weight is 387 g/mol. The zero-order valence-electron chi connectivity index (χ0n) is 13.3. The molecular weight excluding hydrogens is 373 g/mol. The van der Waals surface area contributed by atoms with Crippen molar-refractivity contribution in [2.45, 2.75) is 18.7 Å². The fraction of sp³-hybridized carbons (Fsp3) is 0.294. The third kappa shape index (κ3) is 4.44. The van der Waals surface area contributed by atoms with Gasteiger partial charge in [0, 0.05) is 18.3 Å². The number of pyridine rings is 1. The van der Waals surface area contributed by atoms with Gasteiger partial charge in [-0.2, -0.15) is 13.2 Å². The maximum absolute atomic E-state index is 12.7. The molecule has 1 N–H and O–H groups in total. The molecule has 138 valence electrons. The van der Waals surface area contributed by atoms with Gasteiger partial charge in [-0.1, -0.05) is 17.7 Å². The number of nitrogens with one attached hydrogen (secondary N) is 1. The minimum Gasteiger partial charge on any atom is -0.471 e. The Morgan fingerprint density at radius 3 is 2.81 bits per heavy atom. The van der Waals surface area contributed by atoms with Gasteiger partial charge >= 0.3 is 6.18 Å². The van der Waals surface area contributed by atoms with Crippen LogP contribution in [0.4, 0.5) is 18.9 Å². The van der Waals surface area contributed by atoms with E-state index in [1.807, 2.05) is 0 Å². The topological polar surface area (TPSA) is 60.5 Å². The lowest BCUT2D eigenvalue weighted by atomic mass is 10.2. The lowest BCUT2D eigenvalue weighted by molar-refractivity contribution is -0.137. The highest BCUT2D eigenvalue weighted by Crippen LogP contribution is 2.31. The van der Waals surface area contributed by atoms with Crippen LogP contribution in [0.5, 0.6) is 5.88 Å². The van der Waals surface area contributed by atoms with Crippen LogP contribution in [0.3, 0.4) is 0 Å². The number of halogens is 4. The largest absolute Gasteiger partial charge is 0.471 e. The van der Waals surface area contributed by atoms with Crippen molar-refractivity contribution in [1.82, 2.24) is 4.98 Å². The highest BCUT2D eigenvalue weighted by atomic mass is 35.5. The predicted molar refractivity (Wildman–Crippen MR) is 88.5 cm³/mol. The van der Waals surface area contributed by atoms with Gasteiger partial charge in [0.1, 0.15) is 11.1 Å². The standard InChI is InChI=1S/C17H14ClF3N2O3/c18-14-6-10(8-22-16(14)26-13-4-5-25-9-13)15(24)23-12-3-1-2-11(7-12)17(19,20)21/h1-3,6-8,13H,4-5,9H2,(H,23,24)/t13-/m0/s1. The second-order valence-electron chi connectivity index (χ2n) is 5.65. The van der Waals surface area contributed by atoms with Crippen LogP contribution < -0.4 is 10.1 Å². The average Bonchev–Trinajstić information content (AvgIpc) is 3.09. The molecule has 2 heterocycles. The van der Waals surface area contributed by atoms with E-state index in [9.17, 15) is 18.0 Å². The fourth-order valence-corrected chi connectivity index (χ4v) is 2.59. The number of amides is 1. The molecule has 1 amide bonds. The number of nitrogens with zero attached hydrogens (tertiary/aromatic N) is 1. The Balaban J connectivity index is 1.71. The fourth-order valence-electron chi connectivity index (χ4n) is 2.38. The molecule has 9 heteroatoms. The molecule has 5 nitrogen and oxygen atoms in total. The Hall–Kier alpha value is -2.32. The Morgan fingerprint density at radius 2 is 2.15 bits per heavy atom. The van der Waals surface area contributed by atoms with Crippen LogP contribution in [0.25, 0.3) is 0 Å². The van der Waals surface area contributed by atoms with Crippen LogP contribution in [0.15, 0.2) is 36.5 Å². The first-order valence-electron chi connectivity index (χ1n) is 7.71. The van der Waals surface area contributed by atoms with Crippen molar-refractivity contribution in [2.24, 2.45) is 0 Å². The van der Waals surface area contributed by atoms with E-state index in [1.165, 1.54) is 24.4 Å². The second kappa shape index (κ2) is 7.51. The van der Waals surface area contributed by atoms with E-state index >= 15 is 0 Å². The van der Waals surface area contributed by atoms with Gasteiger partial charge in [0.15, 0.2) is 0 Å². The van der Waals surface area contributed by atoms with E-state index in [0.717, 1.165) is 18.6 Å². The monoisotopic (exact) mass is 386 g/mol. The number of benzene rings is 1. The van der Waals surface area contributed by atoms with Gasteiger partial charge in [0.25, 0.3) is 5.91 Å². The van der Waals surface area contributed by atoms with Gasteiger partial charge in [-0.05, 0) is 24.3 Å². The first-order chi connectivity index (χ1) is 12.3. The number of ether oxygens (including phenoxy) is 2. The summed E-state index contributed by atoms with van der Waals surface area (Å²) in [6.45, 7) is 1.04. The van der Waals surface area contributed by atoms with Gasteiger partial charge in [-0.15, -0.1) is 0 Å². The summed E-state index contributed by atoms with van der Waals surface area (Å²) in [5.41, 5.74) is -0.735. The van der Waals surface area contributed by atoms with Gasteiger partial charge in [-0.3, -0.25) is 4.79 Å². The van der Waals surface area contributed by atoms with Gasteiger partial charge < -0.3 is 14.8 Å². The van der Waals surface area contributed by atoms with Crippen molar-refractivity contribution in [2.75, 3.05) is 18.5 Å². The van der Waals surface area contributed by atoms with Crippen molar-refractivity contribution in [3.8, 4) is 5.88 Å². The summed E-state index contributed by atoms with van der Waals surface area (Å²) >= 11 is 6.08. The molecule has 0 spiro atoms. The molecule has 2 aromatic rings. The van der Waals surface area contributed by atoms with Crippen LogP contribution in [0, 0.1) is 0 Å². The first-order valence-corrected chi connectivity index (χ1v) is 8.09. The molecule has 1 aromatic carbocycles. The van der Waals surface area contributed by atoms with Gasteiger partial charge in [0.05, 0.1) is 24.3 Å². The quantitative estimate of drug-likeness (QED) is 0.856. The number of hydrogen-bond donors (Lipinski definition) is 1. The molecule has 0 radical (unpaired) electrons. The highest BCUT2D eigenvalue weighted by Gasteiger charge is 2.30. The zero-order valence-corrected chi connectivity index (χ0v) is 14.1. The molecule has 1 aliphatic rings. The normalized spacial score (nSPS) is 17.2. The Labute approximate surface area is 152 Å². The number of anilines is 1. The number of carbonyl (C=O) groups excluding carboxylic acids is 1. The van der Waals surface area contributed by atoms with Crippen molar-refractivity contribution in [1.29, 1.82) is 0 Å². The summed E-state index contributed by atoms with van der Waals surface area (Å²) in [5, 5.41) is 2.53. The number of rotatable bonds is 4. The third-order valence-corrected chi connectivity index (χ3v) is 3.95. The maximum Gasteiger partial charge on any atom is 0.416 e. The summed E-state index contributed by atoms with van der Waals surface area (Å²) in [4.78, 5) is 16.2. The van der Waals surface area contributed by atoms with E-state index in [2.05, 4.69) is 10.3 Å². The van der Waals surface area contributed by atoms with Crippen molar-refractivity contribution >= 4 is 23.2 Å². The Kier molecular flexibility index (Phi) is 5.33. The Morgan fingerprint density at radius 1 is 1.35 bits per heavy atom. The van der Waals surface area contributed by atoms with Crippen LogP contribution >= 0.6 is 11.6 Å². The molecule has 1 aromatic heterocycles. The van der Waals surface area contributed by atoms with E-state index in [1.54, 1.807) is 0 Å². The second-order valence-corrected chi connectivity index (χ2v) is 6.05. The first kappa shape index (κ1) is 18.5. The van der Waals surface area contributed by atoms with Crippen molar-refractivity contribution < 1.29 is 27.4 Å². The summed E-state index contributed by atoms with van der Waals surface area (Å²) in [6, 6.07) is 5.70. The minimum absolute atomic E-state index is 0.0179. The molecule has 1 aliphatic heterocycles. The molecule has 26 heavy (non-hydrogen) atoms. The SMILES string of the molecule is O=C(Nc1cccc(C(F)(F)F)c1)c1cnc(O[C@H]2CCOC2)c(Cl)c1. The summed E-state index contributed by atoms with van der Waals surface area (Å²) < 4.78 is 49.0. The van der Waals surface area contributed by atoms with E-state index in [4.69, 9.17) is 21.1 Å². The van der Waals surface area contributed by atoms with Crippen LogP contribution in [-0.4, -0.2) is 30.2 Å². The highest BCUT2D eigenvalue weighted by molar-refractivity contribution is 6.32. The molecule has 0 bridgehead atoms. The van der Waals surface area contributed by atoms with Crippen LogP contribution in [0.1, 0.15) is 22.3 Å². The summed E-state index contributed by atoms with van der Waals surface area (Å²) in [7, 11) is 0. The van der Waals surface area contributed by atoms with Crippen molar-refractivity contribution in [3.05, 3.63) is 52.7 Å². The van der Waals surface area contributed by atoms with Gasteiger partial charge in [-0.25, -0.2) is 4.98 Å². The smallest absolute Gasteiger partial charge is 0.416 e. The minimum atomic E-state index is -4.49. The number of aromatic nitrogens is 1. The Bertz CT molecular complexity index is 808. The molecule has 3 rings (SSSR count). The molecule has 1 atom stereocenters. The lowest BCUT2D eigenvalue weighted by Crippen LogP contribution is -2.17. The molecule has 1 fully saturated rings. The summed E-state index contributed by atoms with van der Waals surface area (Å²) in [5.74, 6) is -0.452. The zero-order chi connectivity index (χ0) is 18.7. The van der Waals surface area contributed by atoms with E-state index in [-0.39, 0.29) is 28.3 Å². The predicted octanol–water partition coefficient (Wildman–Crippen LogP) is 4.17. The number of carbonyl (C=O) groups is 1. The van der Waals surface area contributed by atoms with Crippen molar-refractivity contribution in [3.63, 3.8) is 0 Å². The van der Waals surface area contributed by atoms with Crippen LogP contribution in [0.2, 0.25) is 5.02 Å². The molecule has 0 aliphatic carbocycles. The lowest BCUT2D eigenvalue weighted by Gasteiger charge is -2.13. The third-order valence-electron chi connectivity index (χ3n) is 3.68. The number of hydrogen-bond acceptors (Lipinski definition) is 4. The van der Waals surface area contributed by atoms with Crippen LogP contribution in [-0.2, 0) is 10.9 Å². The molecular formula is C17H14ClF3N2O3. The number of alkyl halides is 3. The maximum atomic E-state index is 12.7. The molecule has 1 saturated heterocycles. The van der Waals surface area contributed by atoms with E-state index in [0.29, 0.717) is 13.2 Å². The van der Waals surface area contributed by atoms with Gasteiger partial charge in [0.2, 0.25) is 5.88 Å². The summed E-state index contributed by atoms with van der Waals surface area (Å²) in [6.07, 6.45) is -2.67. The molecule has 0 saturated carbocycles.